The Labute approximate surface area is 88.6 Å². The van der Waals surface area contributed by atoms with Gasteiger partial charge in [-0.25, -0.2) is 0 Å². The summed E-state index contributed by atoms with van der Waals surface area (Å²) in [5.41, 5.74) is 2.43. The minimum absolute atomic E-state index is 0.571. The van der Waals surface area contributed by atoms with E-state index in [-0.39, 0.29) is 0 Å². The number of carbonyl (C=O) groups is 1. The molecule has 0 amide bonds. The average Bonchev–Trinajstić information content (AvgIpc) is 2.23. The van der Waals surface area contributed by atoms with Gasteiger partial charge in [0.25, 0.3) is 0 Å². The number of unbranched alkanes of at least 4 members (excludes halogenated alkanes) is 1. The Morgan fingerprint density at radius 2 is 1.93 bits per heavy atom. The number of rotatable bonds is 7. The van der Waals surface area contributed by atoms with Gasteiger partial charge in [-0.15, -0.1) is 0 Å². The van der Waals surface area contributed by atoms with Crippen LogP contribution in [0.3, 0.4) is 0 Å². The molecule has 0 unspecified atom stereocenters. The van der Waals surface area contributed by atoms with Crippen LogP contribution in [0.15, 0.2) is 11.1 Å². The Hall–Kier alpha value is -0.590. The van der Waals surface area contributed by atoms with E-state index in [1.165, 1.54) is 18.4 Å². The van der Waals surface area contributed by atoms with E-state index >= 15 is 0 Å². The van der Waals surface area contributed by atoms with Crippen molar-refractivity contribution in [1.29, 1.82) is 0 Å². The minimum Gasteiger partial charge on any atom is -0.298 e. The van der Waals surface area contributed by atoms with Gasteiger partial charge in [0.05, 0.1) is 0 Å². The molecule has 0 saturated carbocycles. The molecule has 0 radical (unpaired) electrons. The van der Waals surface area contributed by atoms with E-state index in [0.717, 1.165) is 31.1 Å². The zero-order valence-electron chi connectivity index (χ0n) is 10.1. The number of allylic oxidation sites excluding steroid dienone is 2. The highest BCUT2D eigenvalue weighted by molar-refractivity contribution is 5.74. The van der Waals surface area contributed by atoms with Gasteiger partial charge < -0.3 is 0 Å². The molecule has 0 aliphatic heterocycles. The molecule has 1 heteroatoms. The van der Waals surface area contributed by atoms with Crippen LogP contribution in [0.2, 0.25) is 0 Å². The Morgan fingerprint density at radius 3 is 2.29 bits per heavy atom. The van der Waals surface area contributed by atoms with Crippen LogP contribution in [0.4, 0.5) is 0 Å². The second kappa shape index (κ2) is 7.78. The third kappa shape index (κ3) is 4.08. The van der Waals surface area contributed by atoms with Gasteiger partial charge in [-0.1, -0.05) is 39.7 Å². The van der Waals surface area contributed by atoms with E-state index in [1.807, 2.05) is 0 Å². The lowest BCUT2D eigenvalue weighted by molar-refractivity contribution is -0.105. The summed E-state index contributed by atoms with van der Waals surface area (Å²) in [6, 6.07) is 0. The maximum Gasteiger partial charge on any atom is 0.145 e. The lowest BCUT2D eigenvalue weighted by atomic mass is 9.89. The van der Waals surface area contributed by atoms with Crippen LogP contribution in [0.1, 0.15) is 59.8 Å². The fraction of sp³-hybridized carbons (Fsp3) is 0.769. The largest absolute Gasteiger partial charge is 0.298 e. The van der Waals surface area contributed by atoms with E-state index in [9.17, 15) is 4.79 Å². The predicted molar refractivity (Wildman–Crippen MR) is 62.4 cm³/mol. The number of carbonyl (C=O) groups excluding carboxylic acids is 1. The van der Waals surface area contributed by atoms with E-state index in [1.54, 1.807) is 0 Å². The Balaban J connectivity index is 4.66. The first-order valence-electron chi connectivity index (χ1n) is 5.88. The highest BCUT2D eigenvalue weighted by atomic mass is 16.1. The normalized spacial score (nSPS) is 14.9. The van der Waals surface area contributed by atoms with Gasteiger partial charge in [-0.2, -0.15) is 0 Å². The van der Waals surface area contributed by atoms with Gasteiger partial charge in [0, 0.05) is 0 Å². The van der Waals surface area contributed by atoms with Gasteiger partial charge in [0.2, 0.25) is 0 Å². The Morgan fingerprint density at radius 1 is 1.29 bits per heavy atom. The topological polar surface area (TPSA) is 17.1 Å². The second-order valence-electron chi connectivity index (χ2n) is 3.93. The summed E-state index contributed by atoms with van der Waals surface area (Å²) < 4.78 is 0. The molecule has 0 N–H and O–H groups in total. The van der Waals surface area contributed by atoms with Crippen molar-refractivity contribution in [2.24, 2.45) is 5.92 Å². The van der Waals surface area contributed by atoms with Crippen molar-refractivity contribution in [3.8, 4) is 0 Å². The van der Waals surface area contributed by atoms with Crippen molar-refractivity contribution in [2.75, 3.05) is 0 Å². The van der Waals surface area contributed by atoms with Crippen LogP contribution < -0.4 is 0 Å². The molecule has 1 nitrogen and oxygen atoms in total. The van der Waals surface area contributed by atoms with Crippen molar-refractivity contribution >= 4 is 6.29 Å². The summed E-state index contributed by atoms with van der Waals surface area (Å²) in [5, 5.41) is 0. The molecule has 0 bridgehead atoms. The van der Waals surface area contributed by atoms with E-state index in [4.69, 9.17) is 0 Å². The van der Waals surface area contributed by atoms with Crippen molar-refractivity contribution in [3.05, 3.63) is 11.1 Å². The SMILES string of the molecule is CCCC/C(=C(/C=O)CC)[C@@H](C)CC. The first-order chi connectivity index (χ1) is 6.71. The van der Waals surface area contributed by atoms with Gasteiger partial charge in [-0.3, -0.25) is 4.79 Å². The molecule has 0 rings (SSSR count). The quantitative estimate of drug-likeness (QED) is 0.442. The number of hydrogen-bond donors (Lipinski definition) is 0. The molecule has 0 heterocycles. The molecule has 0 aromatic heterocycles. The molecule has 0 aliphatic carbocycles. The van der Waals surface area contributed by atoms with E-state index < -0.39 is 0 Å². The minimum atomic E-state index is 0.571. The molecule has 0 aromatic rings. The summed E-state index contributed by atoms with van der Waals surface area (Å²) in [5.74, 6) is 0.571. The molecule has 82 valence electrons. The molecule has 0 aromatic carbocycles. The average molecular weight is 196 g/mol. The first kappa shape index (κ1) is 13.4. The molecule has 0 aliphatic rings. The lowest BCUT2D eigenvalue weighted by Crippen LogP contribution is -2.03. The Bertz CT molecular complexity index is 191. The molecular weight excluding hydrogens is 172 g/mol. The summed E-state index contributed by atoms with van der Waals surface area (Å²) in [6.07, 6.45) is 6.58. The summed E-state index contributed by atoms with van der Waals surface area (Å²) in [4.78, 5) is 10.9. The molecule has 1 atom stereocenters. The Kier molecular flexibility index (Phi) is 7.45. The van der Waals surface area contributed by atoms with Crippen LogP contribution in [0.25, 0.3) is 0 Å². The standard InChI is InChI=1S/C13H24O/c1-5-8-9-13(11(4)6-2)12(7-3)10-14/h10-11H,5-9H2,1-4H3/b13-12-/t11-/m0/s1. The number of aldehydes is 1. The van der Waals surface area contributed by atoms with E-state index in [0.29, 0.717) is 5.92 Å². The van der Waals surface area contributed by atoms with Gasteiger partial charge in [0.1, 0.15) is 6.29 Å². The van der Waals surface area contributed by atoms with Crippen LogP contribution in [0, 0.1) is 5.92 Å². The molecule has 0 saturated heterocycles. The monoisotopic (exact) mass is 196 g/mol. The zero-order valence-corrected chi connectivity index (χ0v) is 10.1. The van der Waals surface area contributed by atoms with Crippen LogP contribution in [-0.4, -0.2) is 6.29 Å². The van der Waals surface area contributed by atoms with Crippen molar-refractivity contribution in [2.45, 2.75) is 59.8 Å². The second-order valence-corrected chi connectivity index (χ2v) is 3.93. The van der Waals surface area contributed by atoms with Crippen LogP contribution >= 0.6 is 0 Å². The van der Waals surface area contributed by atoms with Gasteiger partial charge in [0.15, 0.2) is 0 Å². The van der Waals surface area contributed by atoms with Crippen molar-refractivity contribution in [3.63, 3.8) is 0 Å². The smallest absolute Gasteiger partial charge is 0.145 e. The fourth-order valence-electron chi connectivity index (χ4n) is 1.72. The zero-order chi connectivity index (χ0) is 11.0. The lowest BCUT2D eigenvalue weighted by Gasteiger charge is -2.16. The maximum absolute atomic E-state index is 10.9. The third-order valence-corrected chi connectivity index (χ3v) is 2.94. The predicted octanol–water partition coefficient (Wildman–Crippen LogP) is 4.13. The molecule has 0 spiro atoms. The van der Waals surface area contributed by atoms with E-state index in [2.05, 4.69) is 27.7 Å². The number of hydrogen-bond acceptors (Lipinski definition) is 1. The summed E-state index contributed by atoms with van der Waals surface area (Å²) in [7, 11) is 0. The van der Waals surface area contributed by atoms with Crippen molar-refractivity contribution < 1.29 is 4.79 Å². The van der Waals surface area contributed by atoms with Crippen LogP contribution in [-0.2, 0) is 4.79 Å². The van der Waals surface area contributed by atoms with Crippen molar-refractivity contribution in [1.82, 2.24) is 0 Å². The van der Waals surface area contributed by atoms with Gasteiger partial charge >= 0.3 is 0 Å². The third-order valence-electron chi connectivity index (χ3n) is 2.94. The highest BCUT2D eigenvalue weighted by Crippen LogP contribution is 2.24. The highest BCUT2D eigenvalue weighted by Gasteiger charge is 2.10. The fourth-order valence-corrected chi connectivity index (χ4v) is 1.72. The maximum atomic E-state index is 10.9. The molecular formula is C13H24O. The summed E-state index contributed by atoms with van der Waals surface area (Å²) in [6.45, 7) is 8.68. The van der Waals surface area contributed by atoms with Crippen LogP contribution in [0.5, 0.6) is 0 Å². The van der Waals surface area contributed by atoms with Gasteiger partial charge in [-0.05, 0) is 37.2 Å². The summed E-state index contributed by atoms with van der Waals surface area (Å²) >= 11 is 0. The molecule has 14 heavy (non-hydrogen) atoms. The molecule has 0 fully saturated rings. The first-order valence-corrected chi connectivity index (χ1v) is 5.88.